The van der Waals surface area contributed by atoms with Gasteiger partial charge in [0.1, 0.15) is 0 Å². The first-order valence-corrected chi connectivity index (χ1v) is 10.3. The molecular weight excluding hydrogens is 412 g/mol. The number of hydrogen-bond acceptors (Lipinski definition) is 5. The molecule has 7 heteroatoms. The third kappa shape index (κ3) is 2.90. The van der Waals surface area contributed by atoms with E-state index in [0.29, 0.717) is 0 Å². The van der Waals surface area contributed by atoms with E-state index in [1.807, 2.05) is 16.6 Å². The average Bonchev–Trinajstić information content (AvgIpc) is 3.42. The van der Waals surface area contributed by atoms with Gasteiger partial charge >= 0.3 is 0 Å². The largest absolute Gasteiger partial charge is 0.462 e. The monoisotopic (exact) mass is 428 g/mol. The molecule has 132 valence electrons. The zero-order chi connectivity index (χ0) is 17.5. The molecule has 5 nitrogen and oxygen atoms in total. The third-order valence-electron chi connectivity index (χ3n) is 4.72. The fraction of sp³-hybridized carbons (Fsp3) is 0.263. The molecule has 26 heavy (non-hydrogen) atoms. The summed E-state index contributed by atoms with van der Waals surface area (Å²) < 4.78 is 8.58. The minimum atomic E-state index is 0.790. The Hall–Kier alpha value is -1.96. The Morgan fingerprint density at radius 3 is 2.65 bits per heavy atom. The molecule has 0 bridgehead atoms. The van der Waals surface area contributed by atoms with Crippen molar-refractivity contribution in [3.8, 4) is 22.0 Å². The first kappa shape index (κ1) is 16.2. The maximum Gasteiger partial charge on any atom is 0.213 e. The Kier molecular flexibility index (Phi) is 4.15. The van der Waals surface area contributed by atoms with Gasteiger partial charge in [-0.05, 0) is 50.2 Å². The number of nitrogens with zero attached hydrogens (tertiary/aromatic N) is 4. The maximum atomic E-state index is 5.51. The smallest absolute Gasteiger partial charge is 0.213 e. The van der Waals surface area contributed by atoms with Gasteiger partial charge in [0.2, 0.25) is 4.96 Å². The van der Waals surface area contributed by atoms with Crippen LogP contribution in [0.15, 0.2) is 51.6 Å². The predicted molar refractivity (Wildman–Crippen MR) is 106 cm³/mol. The van der Waals surface area contributed by atoms with Crippen molar-refractivity contribution < 1.29 is 4.42 Å². The van der Waals surface area contributed by atoms with E-state index in [0.717, 1.165) is 56.8 Å². The number of fused-ring (bicyclic) bond motifs is 1. The first-order chi connectivity index (χ1) is 12.8. The summed E-state index contributed by atoms with van der Waals surface area (Å²) >= 11 is 5.08. The lowest BCUT2D eigenvalue weighted by Crippen LogP contribution is -2.20. The molecule has 4 heterocycles. The van der Waals surface area contributed by atoms with Gasteiger partial charge in [0.15, 0.2) is 10.8 Å². The first-order valence-electron chi connectivity index (χ1n) is 8.68. The second-order valence-corrected chi connectivity index (χ2v) is 8.35. The molecule has 1 saturated heterocycles. The van der Waals surface area contributed by atoms with Gasteiger partial charge in [0, 0.05) is 16.6 Å². The van der Waals surface area contributed by atoms with Gasteiger partial charge in [0.25, 0.3) is 0 Å². The molecule has 0 N–H and O–H groups in total. The number of halogens is 1. The van der Waals surface area contributed by atoms with Crippen LogP contribution in [0.5, 0.6) is 0 Å². The van der Waals surface area contributed by atoms with Crippen molar-refractivity contribution in [3.05, 3.63) is 52.8 Å². The highest BCUT2D eigenvalue weighted by Crippen LogP contribution is 2.32. The van der Waals surface area contributed by atoms with Crippen LogP contribution < -0.4 is 0 Å². The number of hydrogen-bond donors (Lipinski definition) is 0. The van der Waals surface area contributed by atoms with Crippen molar-refractivity contribution >= 4 is 32.2 Å². The molecule has 0 aliphatic carbocycles. The number of furan rings is 1. The highest BCUT2D eigenvalue weighted by atomic mass is 79.9. The van der Waals surface area contributed by atoms with Gasteiger partial charge in [-0.1, -0.05) is 39.4 Å². The second kappa shape index (κ2) is 6.64. The Morgan fingerprint density at radius 1 is 1.12 bits per heavy atom. The summed E-state index contributed by atoms with van der Waals surface area (Å²) in [6.45, 7) is 3.15. The number of rotatable bonds is 4. The lowest BCUT2D eigenvalue weighted by atomic mass is 10.1. The van der Waals surface area contributed by atoms with Crippen LogP contribution >= 0.6 is 27.3 Å². The van der Waals surface area contributed by atoms with E-state index in [2.05, 4.69) is 45.1 Å². The zero-order valence-corrected chi connectivity index (χ0v) is 16.5. The summed E-state index contributed by atoms with van der Waals surface area (Å²) in [4.78, 5) is 8.31. The van der Waals surface area contributed by atoms with Crippen molar-refractivity contribution in [3.63, 3.8) is 0 Å². The highest BCUT2D eigenvalue weighted by Gasteiger charge is 2.22. The van der Waals surface area contributed by atoms with Gasteiger partial charge in [0.05, 0.1) is 17.7 Å². The van der Waals surface area contributed by atoms with Crippen LogP contribution in [0.2, 0.25) is 0 Å². The van der Waals surface area contributed by atoms with Crippen molar-refractivity contribution in [2.24, 2.45) is 0 Å². The van der Waals surface area contributed by atoms with Crippen LogP contribution in [0, 0.1) is 0 Å². The fourth-order valence-corrected chi connectivity index (χ4v) is 4.57. The van der Waals surface area contributed by atoms with Crippen molar-refractivity contribution in [1.82, 2.24) is 19.5 Å². The normalized spacial score (nSPS) is 15.3. The van der Waals surface area contributed by atoms with Crippen LogP contribution in [0.1, 0.15) is 18.5 Å². The number of benzene rings is 1. The summed E-state index contributed by atoms with van der Waals surface area (Å²) in [6.07, 6.45) is 4.21. The summed E-state index contributed by atoms with van der Waals surface area (Å²) in [5.74, 6) is 0.790. The van der Waals surface area contributed by atoms with Crippen LogP contribution in [0.25, 0.3) is 27.0 Å². The summed E-state index contributed by atoms with van der Waals surface area (Å²) in [5.41, 5.74) is 3.30. The van der Waals surface area contributed by atoms with E-state index in [9.17, 15) is 0 Å². The number of imidazole rings is 1. The Bertz CT molecular complexity index is 1030. The van der Waals surface area contributed by atoms with Gasteiger partial charge in [-0.2, -0.15) is 5.10 Å². The molecule has 0 unspecified atom stereocenters. The van der Waals surface area contributed by atoms with E-state index < -0.39 is 0 Å². The van der Waals surface area contributed by atoms with E-state index >= 15 is 0 Å². The van der Waals surface area contributed by atoms with Crippen LogP contribution in [-0.2, 0) is 6.54 Å². The van der Waals surface area contributed by atoms with Crippen LogP contribution in [-0.4, -0.2) is 32.6 Å². The average molecular weight is 429 g/mol. The van der Waals surface area contributed by atoms with Gasteiger partial charge in [-0.15, -0.1) is 0 Å². The zero-order valence-electron chi connectivity index (χ0n) is 14.1. The van der Waals surface area contributed by atoms with Crippen molar-refractivity contribution in [2.45, 2.75) is 19.4 Å². The van der Waals surface area contributed by atoms with E-state index in [4.69, 9.17) is 14.5 Å². The van der Waals surface area contributed by atoms with Crippen LogP contribution in [0.3, 0.4) is 0 Å². The maximum absolute atomic E-state index is 5.51. The summed E-state index contributed by atoms with van der Waals surface area (Å²) in [6, 6.07) is 12.2. The number of likely N-dealkylation sites (tertiary alicyclic amines) is 1. The van der Waals surface area contributed by atoms with Gasteiger partial charge < -0.3 is 4.42 Å². The molecule has 1 aliphatic heterocycles. The lowest BCUT2D eigenvalue weighted by Gasteiger charge is -2.14. The molecule has 4 aromatic rings. The molecule has 3 aromatic heterocycles. The number of aromatic nitrogens is 3. The Labute approximate surface area is 163 Å². The Morgan fingerprint density at radius 2 is 1.92 bits per heavy atom. The van der Waals surface area contributed by atoms with E-state index in [1.54, 1.807) is 17.6 Å². The topological polar surface area (TPSA) is 46.6 Å². The molecule has 1 aliphatic rings. The molecule has 0 radical (unpaired) electrons. The molecule has 1 aromatic carbocycles. The SMILES string of the molecule is Brc1ccc(-c2nc3sc(-c4ccco4)nn3c2CN2CCCC2)cc1. The van der Waals surface area contributed by atoms with Crippen LogP contribution in [0.4, 0.5) is 0 Å². The Balaban J connectivity index is 1.63. The predicted octanol–water partition coefficient (Wildman–Crippen LogP) is 5.08. The van der Waals surface area contributed by atoms with Gasteiger partial charge in [-0.25, -0.2) is 9.50 Å². The molecule has 5 rings (SSSR count). The minimum Gasteiger partial charge on any atom is -0.462 e. The molecule has 1 fully saturated rings. The standard InChI is InChI=1S/C19H17BrN4OS/c20-14-7-5-13(6-8-14)17-15(12-23-9-1-2-10-23)24-19(21-17)26-18(22-24)16-4-3-11-25-16/h3-8,11H,1-2,9-10,12H2. The molecule has 0 atom stereocenters. The second-order valence-electron chi connectivity index (χ2n) is 6.48. The summed E-state index contributed by atoms with van der Waals surface area (Å²) in [5, 5.41) is 5.67. The van der Waals surface area contributed by atoms with Crippen molar-refractivity contribution in [2.75, 3.05) is 13.1 Å². The van der Waals surface area contributed by atoms with E-state index in [-0.39, 0.29) is 0 Å². The quantitative estimate of drug-likeness (QED) is 0.454. The van der Waals surface area contributed by atoms with Gasteiger partial charge in [-0.3, -0.25) is 4.90 Å². The van der Waals surface area contributed by atoms with Crippen molar-refractivity contribution in [1.29, 1.82) is 0 Å². The lowest BCUT2D eigenvalue weighted by molar-refractivity contribution is 0.325. The highest BCUT2D eigenvalue weighted by molar-refractivity contribution is 9.10. The molecule has 0 amide bonds. The third-order valence-corrected chi connectivity index (χ3v) is 6.17. The van der Waals surface area contributed by atoms with E-state index in [1.165, 1.54) is 12.8 Å². The fourth-order valence-electron chi connectivity index (χ4n) is 3.42. The molecule has 0 saturated carbocycles. The minimum absolute atomic E-state index is 0.790. The molecule has 0 spiro atoms. The summed E-state index contributed by atoms with van der Waals surface area (Å²) in [7, 11) is 0. The molecular formula is C19H17BrN4OS.